The molecule has 0 unspecified atom stereocenters. The molecule has 100 valence electrons. The molecule has 3 nitrogen and oxygen atoms in total. The van der Waals surface area contributed by atoms with Gasteiger partial charge in [0.2, 0.25) is 0 Å². The first-order chi connectivity index (χ1) is 9.21. The first kappa shape index (κ1) is 11.4. The summed E-state index contributed by atoms with van der Waals surface area (Å²) in [5.41, 5.74) is 2.35. The maximum Gasteiger partial charge on any atom is 0.165 e. The van der Waals surface area contributed by atoms with E-state index >= 15 is 0 Å². The lowest BCUT2D eigenvalue weighted by atomic mass is 9.69. The van der Waals surface area contributed by atoms with Crippen molar-refractivity contribution in [2.24, 2.45) is 0 Å². The van der Waals surface area contributed by atoms with E-state index in [1.165, 1.54) is 17.5 Å². The van der Waals surface area contributed by atoms with Crippen LogP contribution in [0.1, 0.15) is 36.8 Å². The summed E-state index contributed by atoms with van der Waals surface area (Å²) in [6.07, 6.45) is 8.62. The number of hydrogen-bond donors (Lipinski definition) is 2. The van der Waals surface area contributed by atoms with E-state index in [0.29, 0.717) is 12.2 Å². The third-order valence-corrected chi connectivity index (χ3v) is 4.88. The van der Waals surface area contributed by atoms with Crippen molar-refractivity contribution in [1.82, 2.24) is 0 Å². The molecule has 4 rings (SSSR count). The Balaban J connectivity index is 1.98. The molecule has 0 aromatic heterocycles. The summed E-state index contributed by atoms with van der Waals surface area (Å²) >= 11 is 0. The zero-order valence-corrected chi connectivity index (χ0v) is 10.8. The highest BCUT2D eigenvalue weighted by Gasteiger charge is 2.51. The number of phenols is 1. The minimum Gasteiger partial charge on any atom is -0.504 e. The molecular weight excluding hydrogens is 240 g/mol. The molecule has 3 aliphatic rings. The zero-order valence-electron chi connectivity index (χ0n) is 10.8. The van der Waals surface area contributed by atoms with Crippen molar-refractivity contribution in [1.29, 1.82) is 0 Å². The summed E-state index contributed by atoms with van der Waals surface area (Å²) < 4.78 is 6.02. The Kier molecular flexibility index (Phi) is 2.25. The fourth-order valence-electron chi connectivity index (χ4n) is 3.99. The summed E-state index contributed by atoms with van der Waals surface area (Å²) in [6, 6.07) is 3.77. The normalized spacial score (nSPS) is 35.2. The van der Waals surface area contributed by atoms with Gasteiger partial charge < -0.3 is 14.9 Å². The summed E-state index contributed by atoms with van der Waals surface area (Å²) in [6.45, 7) is 0. The molecule has 0 radical (unpaired) electrons. The fourth-order valence-corrected chi connectivity index (χ4v) is 3.99. The average molecular weight is 258 g/mol. The van der Waals surface area contributed by atoms with Crippen LogP contribution in [0.5, 0.6) is 11.5 Å². The predicted octanol–water partition coefficient (Wildman–Crippen LogP) is 2.44. The molecule has 0 saturated heterocycles. The second kappa shape index (κ2) is 3.76. The van der Waals surface area contributed by atoms with Gasteiger partial charge in [0, 0.05) is 12.0 Å². The van der Waals surface area contributed by atoms with Crippen molar-refractivity contribution in [3.8, 4) is 11.5 Å². The van der Waals surface area contributed by atoms with Crippen LogP contribution >= 0.6 is 0 Å². The molecule has 3 heteroatoms. The largest absolute Gasteiger partial charge is 0.504 e. The Bertz CT molecular complexity index is 563. The number of aromatic hydroxyl groups is 1. The second-order valence-corrected chi connectivity index (χ2v) is 5.96. The first-order valence-corrected chi connectivity index (χ1v) is 7.10. The number of aliphatic hydroxyl groups excluding tert-OH is 1. The number of aliphatic hydroxyl groups is 1. The van der Waals surface area contributed by atoms with Crippen LogP contribution in [-0.2, 0) is 11.8 Å². The van der Waals surface area contributed by atoms with Gasteiger partial charge in [0.25, 0.3) is 0 Å². The van der Waals surface area contributed by atoms with Gasteiger partial charge in [-0.1, -0.05) is 24.6 Å². The van der Waals surface area contributed by atoms with Gasteiger partial charge >= 0.3 is 0 Å². The maximum absolute atomic E-state index is 10.1. The molecule has 3 atom stereocenters. The van der Waals surface area contributed by atoms with Gasteiger partial charge in [0.1, 0.15) is 6.10 Å². The summed E-state index contributed by atoms with van der Waals surface area (Å²) in [5.74, 6) is 0.889. The second-order valence-electron chi connectivity index (χ2n) is 5.96. The lowest BCUT2D eigenvalue weighted by Gasteiger charge is -2.35. The van der Waals surface area contributed by atoms with Gasteiger partial charge in [-0.3, -0.25) is 0 Å². The van der Waals surface area contributed by atoms with E-state index in [-0.39, 0.29) is 17.3 Å². The molecule has 2 N–H and O–H groups in total. The summed E-state index contributed by atoms with van der Waals surface area (Å²) in [4.78, 5) is 0. The highest BCUT2D eigenvalue weighted by molar-refractivity contribution is 5.60. The number of ether oxygens (including phenoxy) is 1. The predicted molar refractivity (Wildman–Crippen MR) is 71.5 cm³/mol. The topological polar surface area (TPSA) is 49.7 Å². The summed E-state index contributed by atoms with van der Waals surface area (Å²) in [7, 11) is 0. The lowest BCUT2D eigenvalue weighted by molar-refractivity contribution is 0.0843. The van der Waals surface area contributed by atoms with Crippen LogP contribution in [0.2, 0.25) is 0 Å². The van der Waals surface area contributed by atoms with Gasteiger partial charge in [-0.15, -0.1) is 0 Å². The Labute approximate surface area is 112 Å². The highest BCUT2D eigenvalue weighted by atomic mass is 16.5. The number of aryl methyl sites for hydroxylation is 1. The van der Waals surface area contributed by atoms with E-state index in [1.807, 2.05) is 12.1 Å². The average Bonchev–Trinajstić information content (AvgIpc) is 2.61. The molecule has 0 bridgehead atoms. The van der Waals surface area contributed by atoms with E-state index < -0.39 is 6.10 Å². The first-order valence-electron chi connectivity index (χ1n) is 7.10. The third-order valence-electron chi connectivity index (χ3n) is 4.88. The molecule has 1 aliphatic heterocycles. The highest BCUT2D eigenvalue weighted by Crippen LogP contribution is 2.56. The monoisotopic (exact) mass is 258 g/mol. The fraction of sp³-hybridized carbons (Fsp3) is 0.500. The van der Waals surface area contributed by atoms with Crippen molar-refractivity contribution >= 4 is 0 Å². The minimum absolute atomic E-state index is 0.0346. The minimum atomic E-state index is -0.432. The van der Waals surface area contributed by atoms with Crippen LogP contribution in [0.3, 0.4) is 0 Å². The smallest absolute Gasteiger partial charge is 0.165 e. The molecular formula is C16H18O3. The van der Waals surface area contributed by atoms with Gasteiger partial charge in [-0.05, 0) is 30.9 Å². The van der Waals surface area contributed by atoms with E-state index in [2.05, 4.69) is 6.08 Å². The molecule has 2 aliphatic carbocycles. The number of benzene rings is 1. The van der Waals surface area contributed by atoms with Gasteiger partial charge in [0.05, 0.1) is 11.5 Å². The molecule has 1 heterocycles. The van der Waals surface area contributed by atoms with Gasteiger partial charge in [0.15, 0.2) is 11.5 Å². The van der Waals surface area contributed by atoms with Crippen LogP contribution in [0.4, 0.5) is 0 Å². The molecule has 0 saturated carbocycles. The third kappa shape index (κ3) is 1.42. The van der Waals surface area contributed by atoms with Crippen molar-refractivity contribution in [2.45, 2.75) is 49.7 Å². The van der Waals surface area contributed by atoms with Crippen LogP contribution in [-0.4, -0.2) is 22.4 Å². The Morgan fingerprint density at radius 2 is 2.16 bits per heavy atom. The molecule has 0 fully saturated rings. The van der Waals surface area contributed by atoms with E-state index in [0.717, 1.165) is 19.3 Å². The molecule has 1 aromatic carbocycles. The zero-order chi connectivity index (χ0) is 13.0. The van der Waals surface area contributed by atoms with Crippen LogP contribution in [0.25, 0.3) is 0 Å². The lowest BCUT2D eigenvalue weighted by Crippen LogP contribution is -2.41. The van der Waals surface area contributed by atoms with Gasteiger partial charge in [-0.25, -0.2) is 0 Å². The molecule has 0 amide bonds. The van der Waals surface area contributed by atoms with Crippen molar-refractivity contribution in [2.75, 3.05) is 0 Å². The van der Waals surface area contributed by atoms with Crippen LogP contribution < -0.4 is 4.74 Å². The van der Waals surface area contributed by atoms with Crippen molar-refractivity contribution in [3.05, 3.63) is 35.4 Å². The molecule has 1 aromatic rings. The van der Waals surface area contributed by atoms with Gasteiger partial charge in [-0.2, -0.15) is 0 Å². The maximum atomic E-state index is 10.1. The molecule has 19 heavy (non-hydrogen) atoms. The standard InChI is InChI=1S/C16H18O3/c17-11-6-8-16-7-2-1-3-10-4-5-12(18)15(14(10)16)19-13(16)9-11/h4-6,8,11,13,17-18H,1-3,7,9H2/t11-,13-,16+/m0/s1. The number of phenolic OH excluding ortho intramolecular Hbond substituents is 1. The van der Waals surface area contributed by atoms with E-state index in [4.69, 9.17) is 4.74 Å². The Morgan fingerprint density at radius 3 is 3.05 bits per heavy atom. The number of rotatable bonds is 0. The quantitative estimate of drug-likeness (QED) is 0.703. The SMILES string of the molecule is Oc1ccc2c3c1O[C@H]1C[C@@H](O)C=C[C@@]31CCCC2. The Hall–Kier alpha value is -1.48. The van der Waals surface area contributed by atoms with Crippen molar-refractivity contribution in [3.63, 3.8) is 0 Å². The number of hydrogen-bond acceptors (Lipinski definition) is 3. The summed E-state index contributed by atoms with van der Waals surface area (Å²) in [5, 5.41) is 19.9. The molecule has 1 spiro atoms. The van der Waals surface area contributed by atoms with E-state index in [1.54, 1.807) is 6.07 Å². The van der Waals surface area contributed by atoms with Crippen LogP contribution in [0, 0.1) is 0 Å². The van der Waals surface area contributed by atoms with E-state index in [9.17, 15) is 10.2 Å². The van der Waals surface area contributed by atoms with Crippen molar-refractivity contribution < 1.29 is 14.9 Å². The Morgan fingerprint density at radius 1 is 1.26 bits per heavy atom. The van der Waals surface area contributed by atoms with Crippen LogP contribution in [0.15, 0.2) is 24.3 Å².